The minimum atomic E-state index is -4.59. The maximum absolute atomic E-state index is 12.3. The molecule has 0 spiro atoms. The van der Waals surface area contributed by atoms with Crippen molar-refractivity contribution in [3.8, 4) is 0 Å². The minimum absolute atomic E-state index is 0.440. The van der Waals surface area contributed by atoms with E-state index in [0.717, 1.165) is 5.39 Å². The predicted octanol–water partition coefficient (Wildman–Crippen LogP) is 2.70. The van der Waals surface area contributed by atoms with Gasteiger partial charge in [0, 0.05) is 24.2 Å². The van der Waals surface area contributed by atoms with Gasteiger partial charge in [0.05, 0.1) is 0 Å². The van der Waals surface area contributed by atoms with E-state index in [-0.39, 0.29) is 0 Å². The van der Waals surface area contributed by atoms with Crippen molar-refractivity contribution < 1.29 is 18.3 Å². The third kappa shape index (κ3) is 2.55. The lowest BCUT2D eigenvalue weighted by atomic mass is 10.0. The number of benzene rings is 1. The maximum Gasteiger partial charge on any atom is 0.414 e. The molecule has 1 unspecified atom stereocenters. The first kappa shape index (κ1) is 11.9. The summed E-state index contributed by atoms with van der Waals surface area (Å²) in [5.41, 5.74) is 0.467. The average molecular weight is 241 g/mol. The summed E-state index contributed by atoms with van der Waals surface area (Å²) < 4.78 is 36.8. The highest BCUT2D eigenvalue weighted by Gasteiger charge is 2.38. The summed E-state index contributed by atoms with van der Waals surface area (Å²) in [4.78, 5) is 3.90. The monoisotopic (exact) mass is 241 g/mol. The van der Waals surface area contributed by atoms with Crippen LogP contribution < -0.4 is 0 Å². The van der Waals surface area contributed by atoms with Crippen LogP contribution in [0.1, 0.15) is 5.56 Å². The van der Waals surface area contributed by atoms with Crippen molar-refractivity contribution >= 4 is 10.8 Å². The van der Waals surface area contributed by atoms with E-state index in [2.05, 4.69) is 4.98 Å². The van der Waals surface area contributed by atoms with Gasteiger partial charge in [0.1, 0.15) is 0 Å². The summed E-state index contributed by atoms with van der Waals surface area (Å²) in [6.07, 6.45) is -4.26. The molecule has 1 atom stereocenters. The van der Waals surface area contributed by atoms with Crippen LogP contribution in [0.25, 0.3) is 10.8 Å². The van der Waals surface area contributed by atoms with Crippen molar-refractivity contribution in [2.75, 3.05) is 0 Å². The van der Waals surface area contributed by atoms with Gasteiger partial charge in [-0.2, -0.15) is 13.2 Å². The number of nitrogens with zero attached hydrogens (tertiary/aromatic N) is 1. The zero-order valence-corrected chi connectivity index (χ0v) is 8.78. The van der Waals surface area contributed by atoms with Gasteiger partial charge in [-0.15, -0.1) is 0 Å². The molecule has 2 aromatic rings. The van der Waals surface area contributed by atoms with Gasteiger partial charge in [-0.1, -0.05) is 18.2 Å². The first-order valence-corrected chi connectivity index (χ1v) is 5.05. The molecule has 2 rings (SSSR count). The number of aliphatic hydroxyl groups excluding tert-OH is 1. The van der Waals surface area contributed by atoms with E-state index >= 15 is 0 Å². The normalized spacial score (nSPS) is 13.9. The van der Waals surface area contributed by atoms with E-state index in [1.165, 1.54) is 6.20 Å². The highest BCUT2D eigenvalue weighted by Crippen LogP contribution is 2.26. The summed E-state index contributed by atoms with van der Waals surface area (Å²) in [6, 6.07) is 6.65. The van der Waals surface area contributed by atoms with Crippen LogP contribution >= 0.6 is 0 Å². The van der Waals surface area contributed by atoms with E-state index in [9.17, 15) is 13.2 Å². The smallest absolute Gasteiger partial charge is 0.383 e. The topological polar surface area (TPSA) is 33.1 Å². The molecule has 0 bridgehead atoms. The SMILES string of the molecule is OC(Cc1cccc2cnccc12)C(F)(F)F. The molecule has 17 heavy (non-hydrogen) atoms. The molecule has 1 aromatic carbocycles. The fourth-order valence-electron chi connectivity index (χ4n) is 1.69. The molecule has 2 nitrogen and oxygen atoms in total. The van der Waals surface area contributed by atoms with E-state index in [1.54, 1.807) is 30.5 Å². The number of halogens is 3. The summed E-state index contributed by atoms with van der Waals surface area (Å²) >= 11 is 0. The van der Waals surface area contributed by atoms with Gasteiger partial charge < -0.3 is 5.11 Å². The molecule has 0 saturated carbocycles. The van der Waals surface area contributed by atoms with E-state index in [1.807, 2.05) is 0 Å². The van der Waals surface area contributed by atoms with Crippen molar-refractivity contribution in [1.82, 2.24) is 4.98 Å². The Morgan fingerprint density at radius 3 is 2.71 bits per heavy atom. The largest absolute Gasteiger partial charge is 0.414 e. The van der Waals surface area contributed by atoms with Gasteiger partial charge in [-0.3, -0.25) is 4.98 Å². The Balaban J connectivity index is 2.36. The molecule has 0 saturated heterocycles. The van der Waals surface area contributed by atoms with Crippen molar-refractivity contribution in [2.24, 2.45) is 0 Å². The van der Waals surface area contributed by atoms with Gasteiger partial charge in [0.25, 0.3) is 0 Å². The van der Waals surface area contributed by atoms with Crippen LogP contribution in [0.4, 0.5) is 13.2 Å². The van der Waals surface area contributed by atoms with Crippen LogP contribution in [0.5, 0.6) is 0 Å². The van der Waals surface area contributed by atoms with Gasteiger partial charge in [0.2, 0.25) is 0 Å². The molecule has 1 heterocycles. The van der Waals surface area contributed by atoms with Crippen LogP contribution in [0.2, 0.25) is 0 Å². The summed E-state index contributed by atoms with van der Waals surface area (Å²) in [7, 11) is 0. The predicted molar refractivity (Wildman–Crippen MR) is 57.5 cm³/mol. The maximum atomic E-state index is 12.3. The summed E-state index contributed by atoms with van der Waals surface area (Å²) in [5.74, 6) is 0. The lowest BCUT2D eigenvalue weighted by Gasteiger charge is -2.15. The first-order valence-electron chi connectivity index (χ1n) is 5.05. The molecule has 1 N–H and O–H groups in total. The Hall–Kier alpha value is -1.62. The third-order valence-electron chi connectivity index (χ3n) is 2.56. The highest BCUT2D eigenvalue weighted by atomic mass is 19.4. The van der Waals surface area contributed by atoms with Crippen LogP contribution in [-0.2, 0) is 6.42 Å². The third-order valence-corrected chi connectivity index (χ3v) is 2.56. The molecular weight excluding hydrogens is 231 g/mol. The van der Waals surface area contributed by atoms with Crippen LogP contribution in [0, 0.1) is 0 Å². The molecule has 0 aliphatic rings. The molecular formula is C12H10F3NO. The Labute approximate surface area is 95.7 Å². The molecule has 0 radical (unpaired) electrons. The van der Waals surface area contributed by atoms with Gasteiger partial charge in [0.15, 0.2) is 6.10 Å². The molecule has 0 amide bonds. The Morgan fingerprint density at radius 2 is 2.00 bits per heavy atom. The fraction of sp³-hybridized carbons (Fsp3) is 0.250. The standard InChI is InChI=1S/C12H10F3NO/c13-12(14,15)11(17)6-8-2-1-3-9-7-16-5-4-10(8)9/h1-5,7,11,17H,6H2. The number of aliphatic hydroxyl groups is 1. The second-order valence-corrected chi connectivity index (χ2v) is 3.78. The van der Waals surface area contributed by atoms with Crippen molar-refractivity contribution in [3.05, 3.63) is 42.2 Å². The van der Waals surface area contributed by atoms with Gasteiger partial charge in [-0.25, -0.2) is 0 Å². The number of aromatic nitrogens is 1. The second-order valence-electron chi connectivity index (χ2n) is 3.78. The number of rotatable bonds is 2. The average Bonchev–Trinajstić information content (AvgIpc) is 2.28. The minimum Gasteiger partial charge on any atom is -0.383 e. The quantitative estimate of drug-likeness (QED) is 0.876. The van der Waals surface area contributed by atoms with Gasteiger partial charge >= 0.3 is 6.18 Å². The summed E-state index contributed by atoms with van der Waals surface area (Å²) in [5, 5.41) is 10.5. The highest BCUT2D eigenvalue weighted by molar-refractivity contribution is 5.84. The van der Waals surface area contributed by atoms with E-state index in [0.29, 0.717) is 10.9 Å². The number of fused-ring (bicyclic) bond motifs is 1. The van der Waals surface area contributed by atoms with Gasteiger partial charge in [-0.05, 0) is 17.0 Å². The Bertz CT molecular complexity index is 519. The van der Waals surface area contributed by atoms with E-state index in [4.69, 9.17) is 5.11 Å². The van der Waals surface area contributed by atoms with Crippen LogP contribution in [-0.4, -0.2) is 22.4 Å². The Kier molecular flexibility index (Phi) is 3.02. The zero-order valence-electron chi connectivity index (χ0n) is 8.78. The molecule has 0 aliphatic carbocycles. The molecule has 0 aliphatic heterocycles. The summed E-state index contributed by atoms with van der Waals surface area (Å²) in [6.45, 7) is 0. The molecule has 90 valence electrons. The fourth-order valence-corrected chi connectivity index (χ4v) is 1.69. The zero-order chi connectivity index (χ0) is 12.5. The second kappa shape index (κ2) is 4.33. The van der Waals surface area contributed by atoms with Crippen molar-refractivity contribution in [3.63, 3.8) is 0 Å². The lowest BCUT2D eigenvalue weighted by Crippen LogP contribution is -2.30. The first-order chi connectivity index (χ1) is 7.98. The molecule has 5 heteroatoms. The Morgan fingerprint density at radius 1 is 1.24 bits per heavy atom. The van der Waals surface area contributed by atoms with E-state index < -0.39 is 18.7 Å². The van der Waals surface area contributed by atoms with Crippen molar-refractivity contribution in [1.29, 1.82) is 0 Å². The van der Waals surface area contributed by atoms with Crippen molar-refractivity contribution in [2.45, 2.75) is 18.7 Å². The molecule has 1 aromatic heterocycles. The number of hydrogen-bond donors (Lipinski definition) is 1. The number of pyridine rings is 1. The van der Waals surface area contributed by atoms with Crippen LogP contribution in [0.3, 0.4) is 0 Å². The molecule has 0 fully saturated rings. The van der Waals surface area contributed by atoms with Crippen LogP contribution in [0.15, 0.2) is 36.7 Å². The number of alkyl halides is 3. The lowest BCUT2D eigenvalue weighted by molar-refractivity contribution is -0.202. The number of hydrogen-bond acceptors (Lipinski definition) is 2.